The van der Waals surface area contributed by atoms with Crippen molar-refractivity contribution in [3.63, 3.8) is 0 Å². The second kappa shape index (κ2) is 7.59. The first-order chi connectivity index (χ1) is 14.4. The highest BCUT2D eigenvalue weighted by molar-refractivity contribution is 6.17. The molecule has 1 atom stereocenters. The summed E-state index contributed by atoms with van der Waals surface area (Å²) in [4.78, 5) is 32.4. The fourth-order valence-corrected chi connectivity index (χ4v) is 3.48. The number of amidine groups is 1. The van der Waals surface area contributed by atoms with Gasteiger partial charge in [0.1, 0.15) is 17.4 Å². The van der Waals surface area contributed by atoms with Crippen LogP contribution in [0.25, 0.3) is 0 Å². The molecule has 0 fully saturated rings. The lowest BCUT2D eigenvalue weighted by Crippen LogP contribution is -2.55. The fraction of sp³-hybridized carbons (Fsp3) is 0.174. The molecule has 6 nitrogen and oxygen atoms in total. The number of halogens is 1. The number of allylic oxidation sites excluding steroid dienone is 2. The van der Waals surface area contributed by atoms with Crippen molar-refractivity contribution in [1.82, 2.24) is 10.2 Å². The van der Waals surface area contributed by atoms with Crippen molar-refractivity contribution in [3.05, 3.63) is 89.4 Å². The summed E-state index contributed by atoms with van der Waals surface area (Å²) in [6.07, 6.45) is 5.32. The van der Waals surface area contributed by atoms with Crippen molar-refractivity contribution in [3.8, 4) is 5.75 Å². The number of amides is 2. The summed E-state index contributed by atoms with van der Waals surface area (Å²) in [6, 6.07) is 12.4. The first-order valence-corrected chi connectivity index (χ1v) is 9.42. The van der Waals surface area contributed by atoms with Crippen molar-refractivity contribution in [1.29, 1.82) is 0 Å². The SMILES string of the molecule is COc1ccc(C(=O)N[C@@]2(Cc3ccc(F)cc3)N=C3C(C)=CC=CN3C2=O)cc1. The van der Waals surface area contributed by atoms with Gasteiger partial charge >= 0.3 is 0 Å². The third-order valence-corrected chi connectivity index (χ3v) is 5.08. The van der Waals surface area contributed by atoms with E-state index in [0.717, 1.165) is 5.57 Å². The highest BCUT2D eigenvalue weighted by Crippen LogP contribution is 2.30. The van der Waals surface area contributed by atoms with Gasteiger partial charge in [-0.1, -0.05) is 18.2 Å². The van der Waals surface area contributed by atoms with E-state index in [-0.39, 0.29) is 18.1 Å². The third-order valence-electron chi connectivity index (χ3n) is 5.08. The number of benzene rings is 2. The number of methoxy groups -OCH3 is 1. The minimum absolute atomic E-state index is 0.0924. The number of nitrogens with zero attached hydrogens (tertiary/aromatic N) is 2. The maximum absolute atomic E-state index is 13.4. The minimum atomic E-state index is -1.53. The Bertz CT molecular complexity index is 1090. The van der Waals surface area contributed by atoms with Crippen LogP contribution in [0.15, 0.2) is 77.4 Å². The lowest BCUT2D eigenvalue weighted by Gasteiger charge is -2.27. The van der Waals surface area contributed by atoms with Gasteiger partial charge in [0.25, 0.3) is 11.8 Å². The van der Waals surface area contributed by atoms with Gasteiger partial charge < -0.3 is 10.1 Å². The molecular formula is C23H20FN3O3. The Kier molecular flexibility index (Phi) is 4.95. The van der Waals surface area contributed by atoms with Gasteiger partial charge in [0.05, 0.1) is 7.11 Å². The molecule has 0 spiro atoms. The van der Waals surface area contributed by atoms with Crippen LogP contribution < -0.4 is 10.1 Å². The van der Waals surface area contributed by atoms with Crippen molar-refractivity contribution in [2.24, 2.45) is 4.99 Å². The summed E-state index contributed by atoms with van der Waals surface area (Å²) in [5, 5.41) is 2.82. The lowest BCUT2D eigenvalue weighted by molar-refractivity contribution is -0.130. The quantitative estimate of drug-likeness (QED) is 0.830. The van der Waals surface area contributed by atoms with Gasteiger partial charge in [0.15, 0.2) is 0 Å². The number of aliphatic imine (C=N–C) groups is 1. The molecule has 0 aromatic heterocycles. The number of hydrogen-bond acceptors (Lipinski definition) is 4. The molecular weight excluding hydrogens is 385 g/mol. The molecule has 7 heteroatoms. The number of carbonyl (C=O) groups excluding carboxylic acids is 2. The molecule has 2 aliphatic heterocycles. The van der Waals surface area contributed by atoms with E-state index in [1.807, 2.05) is 13.0 Å². The van der Waals surface area contributed by atoms with E-state index in [9.17, 15) is 14.0 Å². The first kappa shape index (κ1) is 19.6. The number of fused-ring (bicyclic) bond motifs is 1. The summed E-state index contributed by atoms with van der Waals surface area (Å²) in [5.74, 6) is -0.0824. The fourth-order valence-electron chi connectivity index (χ4n) is 3.48. The second-order valence-corrected chi connectivity index (χ2v) is 7.15. The molecule has 0 saturated heterocycles. The van der Waals surface area contributed by atoms with Crippen molar-refractivity contribution < 1.29 is 18.7 Å². The zero-order chi connectivity index (χ0) is 21.3. The standard InChI is InChI=1S/C23H20FN3O3/c1-15-4-3-13-27-20(15)25-23(22(27)29,14-16-5-9-18(24)10-6-16)26-21(28)17-7-11-19(30-2)12-8-17/h3-13H,14H2,1-2H3,(H,26,28)/t23-/m1/s1. The Balaban J connectivity index is 1.71. The smallest absolute Gasteiger partial charge is 0.281 e. The summed E-state index contributed by atoms with van der Waals surface area (Å²) < 4.78 is 18.5. The second-order valence-electron chi connectivity index (χ2n) is 7.15. The van der Waals surface area contributed by atoms with E-state index in [0.29, 0.717) is 22.7 Å². The van der Waals surface area contributed by atoms with Crippen LogP contribution in [0.3, 0.4) is 0 Å². The Hall–Kier alpha value is -3.74. The van der Waals surface area contributed by atoms with Gasteiger partial charge in [-0.15, -0.1) is 0 Å². The van der Waals surface area contributed by atoms with Crippen LogP contribution in [0.1, 0.15) is 22.8 Å². The topological polar surface area (TPSA) is 71.0 Å². The number of nitrogens with one attached hydrogen (secondary N) is 1. The van der Waals surface area contributed by atoms with Gasteiger partial charge in [-0.25, -0.2) is 9.38 Å². The predicted octanol–water partition coefficient (Wildman–Crippen LogP) is 3.22. The van der Waals surface area contributed by atoms with Gasteiger partial charge in [0, 0.05) is 18.2 Å². The summed E-state index contributed by atoms with van der Waals surface area (Å²) in [6.45, 7) is 1.85. The maximum atomic E-state index is 13.4. The molecule has 0 saturated carbocycles. The van der Waals surface area contributed by atoms with Crippen molar-refractivity contribution in [2.75, 3.05) is 7.11 Å². The number of ether oxygens (including phenoxy) is 1. The van der Waals surface area contributed by atoms with E-state index in [1.54, 1.807) is 55.8 Å². The molecule has 0 aliphatic carbocycles. The van der Waals surface area contributed by atoms with Crippen LogP contribution in [-0.4, -0.2) is 35.3 Å². The molecule has 0 radical (unpaired) electrons. The molecule has 2 heterocycles. The van der Waals surface area contributed by atoms with E-state index >= 15 is 0 Å². The Morgan fingerprint density at radius 3 is 2.50 bits per heavy atom. The van der Waals surface area contributed by atoms with Crippen LogP contribution in [-0.2, 0) is 11.2 Å². The van der Waals surface area contributed by atoms with E-state index in [2.05, 4.69) is 10.3 Å². The van der Waals surface area contributed by atoms with Crippen LogP contribution >= 0.6 is 0 Å². The van der Waals surface area contributed by atoms with Crippen LogP contribution in [0.5, 0.6) is 5.75 Å². The van der Waals surface area contributed by atoms with Crippen molar-refractivity contribution in [2.45, 2.75) is 19.0 Å². The van der Waals surface area contributed by atoms with Gasteiger partial charge in [-0.05, 0) is 60.5 Å². The maximum Gasteiger partial charge on any atom is 0.281 e. The molecule has 2 aromatic rings. The monoisotopic (exact) mass is 405 g/mol. The van der Waals surface area contributed by atoms with E-state index in [1.165, 1.54) is 17.0 Å². The Morgan fingerprint density at radius 1 is 1.17 bits per heavy atom. The molecule has 0 bridgehead atoms. The summed E-state index contributed by atoms with van der Waals surface area (Å²) in [5.41, 5.74) is 0.323. The third kappa shape index (κ3) is 3.50. The van der Waals surface area contributed by atoms with E-state index in [4.69, 9.17) is 4.74 Å². The van der Waals surface area contributed by atoms with E-state index < -0.39 is 11.6 Å². The number of carbonyl (C=O) groups is 2. The normalized spacial score (nSPS) is 19.8. The molecule has 2 aliphatic rings. The summed E-state index contributed by atoms with van der Waals surface area (Å²) in [7, 11) is 1.54. The molecule has 30 heavy (non-hydrogen) atoms. The number of hydrogen-bond donors (Lipinski definition) is 1. The average molecular weight is 405 g/mol. The van der Waals surface area contributed by atoms with Gasteiger partial charge in [-0.2, -0.15) is 0 Å². The molecule has 4 rings (SSSR count). The molecule has 2 amide bonds. The van der Waals surface area contributed by atoms with Crippen LogP contribution in [0.2, 0.25) is 0 Å². The average Bonchev–Trinajstić information content (AvgIpc) is 3.03. The van der Waals surface area contributed by atoms with Crippen molar-refractivity contribution >= 4 is 17.6 Å². The van der Waals surface area contributed by atoms with Gasteiger partial charge in [0.2, 0.25) is 5.66 Å². The molecule has 2 aromatic carbocycles. The molecule has 1 N–H and O–H groups in total. The lowest BCUT2D eigenvalue weighted by atomic mass is 9.98. The zero-order valence-electron chi connectivity index (χ0n) is 16.6. The Morgan fingerprint density at radius 2 is 1.87 bits per heavy atom. The molecule has 152 valence electrons. The summed E-state index contributed by atoms with van der Waals surface area (Å²) >= 11 is 0. The van der Waals surface area contributed by atoms with Crippen LogP contribution in [0.4, 0.5) is 4.39 Å². The first-order valence-electron chi connectivity index (χ1n) is 9.42. The number of rotatable bonds is 5. The van der Waals surface area contributed by atoms with Gasteiger partial charge in [-0.3, -0.25) is 14.5 Å². The van der Waals surface area contributed by atoms with Crippen LogP contribution in [0, 0.1) is 5.82 Å². The molecule has 0 unspecified atom stereocenters. The highest BCUT2D eigenvalue weighted by atomic mass is 19.1. The Labute approximate surface area is 173 Å². The predicted molar refractivity (Wildman–Crippen MR) is 110 cm³/mol. The zero-order valence-corrected chi connectivity index (χ0v) is 16.6. The largest absolute Gasteiger partial charge is 0.497 e. The minimum Gasteiger partial charge on any atom is -0.497 e. The highest BCUT2D eigenvalue weighted by Gasteiger charge is 2.49.